The van der Waals surface area contributed by atoms with Crippen molar-refractivity contribution in [3.8, 4) is 0 Å². The fraction of sp³-hybridized carbons (Fsp3) is 0.750. The average Bonchev–Trinajstić information content (AvgIpc) is 1.60. The maximum absolute atomic E-state index is 10.6. The summed E-state index contributed by atoms with van der Waals surface area (Å²) in [5.41, 5.74) is 0. The number of hydrogen-bond donors (Lipinski definition) is 0. The average molecular weight is 186 g/mol. The minimum Gasteiger partial charge on any atom is -0.280 e. The Kier molecular flexibility index (Phi) is 3.27. The highest BCUT2D eigenvalue weighted by Crippen LogP contribution is 1.93. The predicted octanol–water partition coefficient (Wildman–Crippen LogP) is -0.357. The van der Waals surface area contributed by atoms with Gasteiger partial charge >= 0.3 is 0 Å². The van der Waals surface area contributed by atoms with Gasteiger partial charge in [-0.15, -0.1) is 0 Å². The molecular formula is C4H8ClNO3S. The van der Waals surface area contributed by atoms with Crippen molar-refractivity contribution in [3.63, 3.8) is 0 Å². The Morgan fingerprint density at radius 2 is 2.00 bits per heavy atom. The van der Waals surface area contributed by atoms with Crippen LogP contribution in [0.4, 0.5) is 0 Å². The molecule has 0 aliphatic carbocycles. The highest BCUT2D eigenvalue weighted by atomic mass is 35.5. The Morgan fingerprint density at radius 3 is 2.10 bits per heavy atom. The molecule has 0 aromatic rings. The van der Waals surface area contributed by atoms with Crippen molar-refractivity contribution in [2.24, 2.45) is 0 Å². The van der Waals surface area contributed by atoms with E-state index in [0.717, 1.165) is 10.6 Å². The van der Waals surface area contributed by atoms with Gasteiger partial charge in [-0.05, 0) is 11.6 Å². The molecule has 0 rings (SSSR count). The van der Waals surface area contributed by atoms with Crippen molar-refractivity contribution in [2.75, 3.05) is 19.8 Å². The van der Waals surface area contributed by atoms with Crippen molar-refractivity contribution in [1.82, 2.24) is 4.31 Å². The summed E-state index contributed by atoms with van der Waals surface area (Å²) in [4.78, 5) is 10.2. The van der Waals surface area contributed by atoms with Crippen LogP contribution in [0.3, 0.4) is 0 Å². The standard InChI is InChI=1S/C4H8ClNO3S/c1-6(3-4(5)7)10(2,8)9/h3H2,1-2H3. The molecule has 0 saturated heterocycles. The molecule has 0 spiro atoms. The lowest BCUT2D eigenvalue weighted by atomic mass is 10.7. The van der Waals surface area contributed by atoms with Crippen LogP contribution in [0, 0.1) is 0 Å². The second-order valence-corrected chi connectivity index (χ2v) is 4.39. The van der Waals surface area contributed by atoms with Crippen molar-refractivity contribution < 1.29 is 13.2 Å². The van der Waals surface area contributed by atoms with Gasteiger partial charge in [-0.2, -0.15) is 4.31 Å². The van der Waals surface area contributed by atoms with Gasteiger partial charge in [0.1, 0.15) is 0 Å². The van der Waals surface area contributed by atoms with Gasteiger partial charge in [-0.1, -0.05) is 0 Å². The largest absolute Gasteiger partial charge is 0.280 e. The molecule has 0 atom stereocenters. The Bertz CT molecular complexity index is 223. The molecule has 4 nitrogen and oxygen atoms in total. The molecule has 0 heterocycles. The number of sulfonamides is 1. The van der Waals surface area contributed by atoms with Crippen molar-refractivity contribution in [3.05, 3.63) is 0 Å². The zero-order chi connectivity index (χ0) is 8.36. The van der Waals surface area contributed by atoms with E-state index < -0.39 is 15.3 Å². The molecular weight excluding hydrogens is 178 g/mol. The van der Waals surface area contributed by atoms with E-state index in [1.54, 1.807) is 0 Å². The summed E-state index contributed by atoms with van der Waals surface area (Å²) in [6.45, 7) is -0.277. The molecule has 0 unspecified atom stereocenters. The molecule has 0 aromatic heterocycles. The van der Waals surface area contributed by atoms with Gasteiger partial charge in [0.2, 0.25) is 15.3 Å². The Balaban J connectivity index is 4.12. The number of rotatable bonds is 3. The second-order valence-electron chi connectivity index (χ2n) is 1.87. The molecule has 0 radical (unpaired) electrons. The second kappa shape index (κ2) is 3.32. The molecule has 10 heavy (non-hydrogen) atoms. The van der Waals surface area contributed by atoms with Crippen LogP contribution in [0.1, 0.15) is 0 Å². The topological polar surface area (TPSA) is 54.5 Å². The van der Waals surface area contributed by atoms with Gasteiger partial charge in [-0.25, -0.2) is 8.42 Å². The van der Waals surface area contributed by atoms with Gasteiger partial charge < -0.3 is 0 Å². The smallest absolute Gasteiger partial charge is 0.236 e. The van der Waals surface area contributed by atoms with Gasteiger partial charge in [0.15, 0.2) is 0 Å². The summed E-state index contributed by atoms with van der Waals surface area (Å²) in [7, 11) is -1.98. The normalized spacial score (nSPS) is 12.0. The van der Waals surface area contributed by atoms with Crippen LogP contribution >= 0.6 is 11.6 Å². The maximum atomic E-state index is 10.6. The molecule has 0 aliphatic heterocycles. The first-order valence-corrected chi connectivity index (χ1v) is 4.66. The monoisotopic (exact) mass is 185 g/mol. The summed E-state index contributed by atoms with van der Waals surface area (Å²) in [5, 5.41) is -0.687. The quantitative estimate of drug-likeness (QED) is 0.565. The van der Waals surface area contributed by atoms with E-state index in [-0.39, 0.29) is 6.54 Å². The van der Waals surface area contributed by atoms with E-state index >= 15 is 0 Å². The maximum Gasteiger partial charge on any atom is 0.236 e. The molecule has 0 saturated carbocycles. The van der Waals surface area contributed by atoms with Gasteiger partial charge in [-0.3, -0.25) is 4.79 Å². The number of nitrogens with zero attached hydrogens (tertiary/aromatic N) is 1. The van der Waals surface area contributed by atoms with Crippen molar-refractivity contribution in [2.45, 2.75) is 0 Å². The first-order chi connectivity index (χ1) is 4.34. The van der Waals surface area contributed by atoms with Crippen molar-refractivity contribution >= 4 is 26.9 Å². The van der Waals surface area contributed by atoms with Crippen LogP contribution in [0.2, 0.25) is 0 Å². The number of likely N-dealkylation sites (N-methyl/N-ethyl adjacent to an activating group) is 1. The van der Waals surface area contributed by atoms with Crippen LogP contribution in [0.25, 0.3) is 0 Å². The van der Waals surface area contributed by atoms with Gasteiger partial charge in [0.05, 0.1) is 12.8 Å². The number of carbonyl (C=O) groups is 1. The minimum absolute atomic E-state index is 0.277. The van der Waals surface area contributed by atoms with Crippen LogP contribution < -0.4 is 0 Å². The molecule has 0 bridgehead atoms. The lowest BCUT2D eigenvalue weighted by molar-refractivity contribution is -0.111. The molecule has 0 N–H and O–H groups in total. The number of carbonyl (C=O) groups excluding carboxylic acids is 1. The van der Waals surface area contributed by atoms with Crippen LogP contribution in [0.15, 0.2) is 0 Å². The van der Waals surface area contributed by atoms with E-state index in [9.17, 15) is 13.2 Å². The SMILES string of the molecule is CN(CC(=O)Cl)S(C)(=O)=O. The molecule has 60 valence electrons. The molecule has 0 aromatic carbocycles. The van der Waals surface area contributed by atoms with Crippen molar-refractivity contribution in [1.29, 1.82) is 0 Å². The zero-order valence-electron chi connectivity index (χ0n) is 5.67. The lowest BCUT2D eigenvalue weighted by Crippen LogP contribution is -2.29. The summed E-state index contributed by atoms with van der Waals surface area (Å²) < 4.78 is 22.0. The van der Waals surface area contributed by atoms with E-state index in [2.05, 4.69) is 0 Å². The molecule has 6 heteroatoms. The van der Waals surface area contributed by atoms with E-state index in [1.807, 2.05) is 0 Å². The first-order valence-electron chi connectivity index (χ1n) is 2.43. The highest BCUT2D eigenvalue weighted by molar-refractivity contribution is 7.88. The zero-order valence-corrected chi connectivity index (χ0v) is 7.24. The Morgan fingerprint density at radius 1 is 1.60 bits per heavy atom. The fourth-order valence-corrected chi connectivity index (χ4v) is 0.894. The summed E-state index contributed by atoms with van der Waals surface area (Å²) >= 11 is 4.93. The van der Waals surface area contributed by atoms with Gasteiger partial charge in [0, 0.05) is 7.05 Å². The Labute approximate surface area is 64.8 Å². The number of halogens is 1. The third kappa shape index (κ3) is 3.81. The van der Waals surface area contributed by atoms with E-state index in [1.165, 1.54) is 7.05 Å². The third-order valence-electron chi connectivity index (χ3n) is 0.913. The van der Waals surface area contributed by atoms with E-state index in [0.29, 0.717) is 0 Å². The Hall–Kier alpha value is -0.130. The molecule has 0 amide bonds. The van der Waals surface area contributed by atoms with Crippen LogP contribution in [-0.4, -0.2) is 37.8 Å². The predicted molar refractivity (Wildman–Crippen MR) is 38.3 cm³/mol. The summed E-state index contributed by atoms with van der Waals surface area (Å²) in [5.74, 6) is 0. The minimum atomic E-state index is -3.27. The third-order valence-corrected chi connectivity index (χ3v) is 2.29. The van der Waals surface area contributed by atoms with Gasteiger partial charge in [0.25, 0.3) is 0 Å². The van der Waals surface area contributed by atoms with Crippen LogP contribution in [0.5, 0.6) is 0 Å². The number of hydrogen-bond acceptors (Lipinski definition) is 3. The fourth-order valence-electron chi connectivity index (χ4n) is 0.292. The summed E-state index contributed by atoms with van der Waals surface area (Å²) in [6, 6.07) is 0. The highest BCUT2D eigenvalue weighted by Gasteiger charge is 2.12. The molecule has 0 aliphatic rings. The van der Waals surface area contributed by atoms with E-state index in [4.69, 9.17) is 11.6 Å². The molecule has 0 fully saturated rings. The summed E-state index contributed by atoms with van der Waals surface area (Å²) in [6.07, 6.45) is 1.01. The first kappa shape index (κ1) is 9.87. The lowest BCUT2D eigenvalue weighted by Gasteiger charge is -2.09. The van der Waals surface area contributed by atoms with Crippen LogP contribution in [-0.2, 0) is 14.8 Å².